The minimum Gasteiger partial charge on any atom is -0.493 e. The summed E-state index contributed by atoms with van der Waals surface area (Å²) in [6.07, 6.45) is 6.65. The van der Waals surface area contributed by atoms with Crippen molar-refractivity contribution >= 4 is 34.4 Å². The zero-order valence-electron chi connectivity index (χ0n) is 34.6. The highest BCUT2D eigenvalue weighted by atomic mass is 19.3. The quantitative estimate of drug-likeness (QED) is 0.0790. The number of halogens is 3. The molecule has 3 N–H and O–H groups in total. The predicted molar refractivity (Wildman–Crippen MR) is 220 cm³/mol. The summed E-state index contributed by atoms with van der Waals surface area (Å²) >= 11 is 0. The van der Waals surface area contributed by atoms with Gasteiger partial charge in [-0.2, -0.15) is 8.78 Å². The van der Waals surface area contributed by atoms with Crippen molar-refractivity contribution in [3.63, 3.8) is 0 Å². The largest absolute Gasteiger partial charge is 0.493 e. The van der Waals surface area contributed by atoms with E-state index in [9.17, 15) is 28.3 Å². The van der Waals surface area contributed by atoms with Gasteiger partial charge in [-0.15, -0.1) is 0 Å². The molecule has 60 heavy (non-hydrogen) atoms. The summed E-state index contributed by atoms with van der Waals surface area (Å²) in [4.78, 5) is 50.6. The van der Waals surface area contributed by atoms with Crippen LogP contribution in [0.15, 0.2) is 42.5 Å². The lowest BCUT2D eigenvalue weighted by molar-refractivity contribution is -0.136. The van der Waals surface area contributed by atoms with Crippen molar-refractivity contribution in [2.45, 2.75) is 102 Å². The normalized spacial score (nSPS) is 18.2. The van der Waals surface area contributed by atoms with Gasteiger partial charge in [0.1, 0.15) is 30.1 Å². The molecule has 0 radical (unpaired) electrons. The number of alkyl halides is 2. The first-order valence-corrected chi connectivity index (χ1v) is 20.8. The van der Waals surface area contributed by atoms with Crippen LogP contribution in [0, 0.1) is 12.7 Å². The Morgan fingerprint density at radius 2 is 1.77 bits per heavy atom. The van der Waals surface area contributed by atoms with E-state index < -0.39 is 30.5 Å². The van der Waals surface area contributed by atoms with Crippen molar-refractivity contribution in [1.29, 1.82) is 0 Å². The Labute approximate surface area is 347 Å². The molecule has 0 saturated carbocycles. The summed E-state index contributed by atoms with van der Waals surface area (Å²) in [6, 6.07) is 9.85. The second-order valence-corrected chi connectivity index (χ2v) is 16.2. The van der Waals surface area contributed by atoms with Crippen LogP contribution < -0.4 is 20.1 Å². The molecule has 1 unspecified atom stereocenters. The topological polar surface area (TPSA) is 146 Å². The molecule has 2 saturated heterocycles. The molecule has 0 bridgehead atoms. The number of unbranched alkanes of at least 4 members (excludes halogenated alkanes) is 3. The maximum Gasteiger partial charge on any atom is 0.295 e. The molecule has 0 spiro atoms. The third-order valence-electron chi connectivity index (χ3n) is 12.2. The van der Waals surface area contributed by atoms with Gasteiger partial charge in [0, 0.05) is 41.1 Å². The highest BCUT2D eigenvalue weighted by molar-refractivity contribution is 6.05. The number of rotatable bonds is 16. The minimum absolute atomic E-state index is 0.0430. The molecule has 2 fully saturated rings. The Balaban J connectivity index is 0.930. The summed E-state index contributed by atoms with van der Waals surface area (Å²) < 4.78 is 55.7. The number of methoxy groups -OCH3 is 2. The van der Waals surface area contributed by atoms with E-state index in [-0.39, 0.29) is 48.5 Å². The summed E-state index contributed by atoms with van der Waals surface area (Å²) in [5.74, 6) is -2.65. The summed E-state index contributed by atoms with van der Waals surface area (Å²) in [7, 11) is 3.19. The number of amides is 3. The number of benzene rings is 3. The van der Waals surface area contributed by atoms with Crippen molar-refractivity contribution in [3.05, 3.63) is 87.5 Å². The number of aromatic nitrogens is 2. The van der Waals surface area contributed by atoms with Gasteiger partial charge in [-0.1, -0.05) is 37.1 Å². The number of nitrogens with one attached hydrogen (secondary N) is 2. The van der Waals surface area contributed by atoms with E-state index in [0.29, 0.717) is 46.3 Å². The van der Waals surface area contributed by atoms with Gasteiger partial charge >= 0.3 is 0 Å². The number of carbonyl (C=O) groups excluding carboxylic acids is 3. The number of piperidine rings is 2. The van der Waals surface area contributed by atoms with Crippen LogP contribution in [-0.2, 0) is 28.5 Å². The molecule has 3 aromatic carbocycles. The Bertz CT molecular complexity index is 2260. The van der Waals surface area contributed by atoms with Gasteiger partial charge in [0.2, 0.25) is 11.8 Å². The highest BCUT2D eigenvalue weighted by Crippen LogP contribution is 2.41. The molecule has 320 valence electrons. The Hall–Kier alpha value is -5.28. The van der Waals surface area contributed by atoms with E-state index >= 15 is 4.39 Å². The lowest BCUT2D eigenvalue weighted by atomic mass is 9.87. The number of fused-ring (bicyclic) bond motifs is 2. The van der Waals surface area contributed by atoms with E-state index in [1.54, 1.807) is 26.4 Å². The number of hydrogen-bond donors (Lipinski definition) is 3. The number of imide groups is 1. The molecule has 4 heterocycles. The Morgan fingerprint density at radius 1 is 1.00 bits per heavy atom. The van der Waals surface area contributed by atoms with Crippen LogP contribution in [0.2, 0.25) is 0 Å². The van der Waals surface area contributed by atoms with E-state index in [2.05, 4.69) is 15.5 Å². The average molecular weight is 831 g/mol. The number of nitrogens with zero attached hydrogens (tertiary/aromatic N) is 4. The second kappa shape index (κ2) is 18.1. The van der Waals surface area contributed by atoms with Crippen LogP contribution in [0.1, 0.15) is 114 Å². The van der Waals surface area contributed by atoms with Gasteiger partial charge in [-0.25, -0.2) is 14.4 Å². The van der Waals surface area contributed by atoms with Gasteiger partial charge in [-0.3, -0.25) is 19.7 Å². The SMILES string of the molecule is COc1cc2c(N[C@H](C)c3cccc(C(F)(F)CO)c3)nc(C)nc2c(CCCCCCN2CCC(c3cc4c(cc3F)C(=O)N(C3CCC(=O)NC3=O)C4)CC2)c1OC. The highest BCUT2D eigenvalue weighted by Gasteiger charge is 2.40. The number of aliphatic hydroxyl groups excluding tert-OH is 1. The van der Waals surface area contributed by atoms with Gasteiger partial charge < -0.3 is 29.7 Å². The maximum atomic E-state index is 15.5. The van der Waals surface area contributed by atoms with Gasteiger partial charge in [-0.05, 0) is 113 Å². The van der Waals surface area contributed by atoms with Crippen LogP contribution in [0.3, 0.4) is 0 Å². The number of ether oxygens (including phenoxy) is 2. The van der Waals surface area contributed by atoms with E-state index in [1.807, 2.05) is 26.0 Å². The van der Waals surface area contributed by atoms with Crippen molar-refractivity contribution in [1.82, 2.24) is 25.1 Å². The molecular weight excluding hydrogens is 778 g/mol. The van der Waals surface area contributed by atoms with Crippen LogP contribution in [0.25, 0.3) is 10.9 Å². The molecule has 3 aliphatic rings. The van der Waals surface area contributed by atoms with E-state index in [4.69, 9.17) is 19.4 Å². The van der Waals surface area contributed by atoms with Gasteiger partial charge in [0.15, 0.2) is 11.5 Å². The lowest BCUT2D eigenvalue weighted by Crippen LogP contribution is -2.52. The fraction of sp³-hybridized carbons (Fsp3) is 0.489. The number of likely N-dealkylation sites (tertiary alicyclic amines) is 1. The molecule has 15 heteroatoms. The second-order valence-electron chi connectivity index (χ2n) is 16.2. The fourth-order valence-corrected chi connectivity index (χ4v) is 8.91. The molecule has 2 atom stereocenters. The number of hydrogen-bond acceptors (Lipinski definition) is 10. The number of aliphatic hydroxyl groups is 1. The first-order valence-electron chi connectivity index (χ1n) is 20.8. The van der Waals surface area contributed by atoms with Gasteiger partial charge in [0.25, 0.3) is 11.8 Å². The van der Waals surface area contributed by atoms with Crippen LogP contribution in [-0.4, -0.2) is 89.1 Å². The van der Waals surface area contributed by atoms with Crippen LogP contribution in [0.5, 0.6) is 11.5 Å². The van der Waals surface area contributed by atoms with Crippen molar-refractivity contribution in [3.8, 4) is 11.5 Å². The van der Waals surface area contributed by atoms with Gasteiger partial charge in [0.05, 0.1) is 19.7 Å². The molecule has 4 aromatic rings. The molecule has 3 aliphatic heterocycles. The molecule has 3 amide bonds. The summed E-state index contributed by atoms with van der Waals surface area (Å²) in [5.41, 5.74) is 3.64. The van der Waals surface area contributed by atoms with Crippen molar-refractivity contribution in [2.24, 2.45) is 0 Å². The van der Waals surface area contributed by atoms with Crippen LogP contribution in [0.4, 0.5) is 19.0 Å². The van der Waals surface area contributed by atoms with Crippen molar-refractivity contribution < 1.29 is 42.1 Å². The molecule has 1 aromatic heterocycles. The maximum absolute atomic E-state index is 15.5. The smallest absolute Gasteiger partial charge is 0.295 e. The Morgan fingerprint density at radius 3 is 2.48 bits per heavy atom. The zero-order chi connectivity index (χ0) is 42.7. The predicted octanol–water partition coefficient (Wildman–Crippen LogP) is 7.10. The number of carbonyl (C=O) groups is 3. The number of aryl methyl sites for hydroxylation is 2. The first kappa shape index (κ1) is 42.8. The number of anilines is 1. The molecule has 12 nitrogen and oxygen atoms in total. The third-order valence-corrected chi connectivity index (χ3v) is 12.2. The van der Waals surface area contributed by atoms with Crippen molar-refractivity contribution in [2.75, 3.05) is 45.8 Å². The van der Waals surface area contributed by atoms with Crippen LogP contribution >= 0.6 is 0 Å². The minimum atomic E-state index is -3.35. The molecule has 0 aliphatic carbocycles. The summed E-state index contributed by atoms with van der Waals surface area (Å²) in [6.45, 7) is 5.28. The Kier molecular flexibility index (Phi) is 13.0. The standard InChI is InChI=1S/C45H53F3N6O6/c1-26(29-10-9-11-31(20-29)45(47,48)25-55)49-42-35-23-38(59-3)41(60-4)32(40(35)50-27(2)51-42)12-7-5-6-8-17-53-18-15-28(16-19-53)33-21-30-24-54(44(58)34(30)22-36(33)46)37-13-14-39(56)52-43(37)57/h9-11,20-23,26,28,37,55H,5-8,12-19,24-25H2,1-4H3,(H,49,50,51)(H,52,56,57)/t26-,37?/m1/s1. The third kappa shape index (κ3) is 8.92. The van der Waals surface area contributed by atoms with E-state index in [1.165, 1.54) is 23.1 Å². The lowest BCUT2D eigenvalue weighted by Gasteiger charge is -2.32. The average Bonchev–Trinajstić information content (AvgIpc) is 3.55. The van der Waals surface area contributed by atoms with E-state index in [0.717, 1.165) is 80.2 Å². The monoisotopic (exact) mass is 830 g/mol. The molecule has 7 rings (SSSR count). The molecular formula is C45H53F3N6O6. The summed E-state index contributed by atoms with van der Waals surface area (Å²) in [5, 5.41) is 15.6. The zero-order valence-corrected chi connectivity index (χ0v) is 34.6. The first-order chi connectivity index (χ1) is 28.8. The fourth-order valence-electron chi connectivity index (χ4n) is 8.91.